The number of nitrogens with two attached hydrogens (primary N) is 1. The number of hydrogen-bond acceptors (Lipinski definition) is 5. The van der Waals surface area contributed by atoms with Crippen LogP contribution < -0.4 is 11.1 Å². The molecule has 4 rings (SSSR count). The molecule has 0 saturated heterocycles. The van der Waals surface area contributed by atoms with Crippen LogP contribution in [-0.2, 0) is 0 Å². The predicted octanol–water partition coefficient (Wildman–Crippen LogP) is 3.83. The number of nitrogens with one attached hydrogen (secondary N) is 1. The van der Waals surface area contributed by atoms with Crippen LogP contribution in [0.25, 0.3) is 11.1 Å². The highest BCUT2D eigenvalue weighted by atomic mass is 16.4. The highest BCUT2D eigenvalue weighted by Crippen LogP contribution is 2.37. The van der Waals surface area contributed by atoms with Crippen LogP contribution in [0.2, 0.25) is 0 Å². The summed E-state index contributed by atoms with van der Waals surface area (Å²) in [5, 5.41) is 17.5. The van der Waals surface area contributed by atoms with Gasteiger partial charge in [-0.15, -0.1) is 0 Å². The van der Waals surface area contributed by atoms with Gasteiger partial charge in [0.2, 0.25) is 0 Å². The van der Waals surface area contributed by atoms with E-state index in [4.69, 9.17) is 5.73 Å². The Morgan fingerprint density at radius 1 is 1.11 bits per heavy atom. The molecule has 1 aliphatic rings. The maximum Gasteiger partial charge on any atom is 0.337 e. The Labute approximate surface area is 163 Å². The number of hydrogen-bond donors (Lipinski definition) is 3. The molecule has 1 aromatic carbocycles. The summed E-state index contributed by atoms with van der Waals surface area (Å²) >= 11 is 0. The van der Waals surface area contributed by atoms with Crippen molar-refractivity contribution in [3.8, 4) is 11.1 Å². The Morgan fingerprint density at radius 2 is 1.86 bits per heavy atom. The largest absolute Gasteiger partial charge is 0.478 e. The van der Waals surface area contributed by atoms with Gasteiger partial charge >= 0.3 is 5.97 Å². The second-order valence-corrected chi connectivity index (χ2v) is 7.14. The summed E-state index contributed by atoms with van der Waals surface area (Å²) in [5.41, 5.74) is 8.63. The average molecular weight is 377 g/mol. The van der Waals surface area contributed by atoms with Crippen LogP contribution in [0.4, 0.5) is 11.5 Å². The Balaban J connectivity index is 1.77. The minimum atomic E-state index is -0.999. The number of carbonyl (C=O) groups is 1. The first kappa shape index (κ1) is 18.2. The highest BCUT2D eigenvalue weighted by molar-refractivity contribution is 5.95. The van der Waals surface area contributed by atoms with Crippen LogP contribution in [0, 0.1) is 0 Å². The molecule has 1 saturated carbocycles. The molecule has 0 amide bonds. The molecule has 0 unspecified atom stereocenters. The maximum absolute atomic E-state index is 11.6. The Morgan fingerprint density at radius 3 is 2.57 bits per heavy atom. The second kappa shape index (κ2) is 7.82. The van der Waals surface area contributed by atoms with Gasteiger partial charge in [0.15, 0.2) is 0 Å². The van der Waals surface area contributed by atoms with Gasteiger partial charge in [0.1, 0.15) is 5.82 Å². The third-order valence-corrected chi connectivity index (χ3v) is 5.27. The van der Waals surface area contributed by atoms with Gasteiger partial charge < -0.3 is 16.2 Å². The Hall–Kier alpha value is -3.19. The van der Waals surface area contributed by atoms with Crippen molar-refractivity contribution in [2.45, 2.75) is 37.8 Å². The van der Waals surface area contributed by atoms with E-state index in [1.54, 1.807) is 0 Å². The van der Waals surface area contributed by atoms with Gasteiger partial charge in [0.25, 0.3) is 0 Å². The smallest absolute Gasteiger partial charge is 0.337 e. The summed E-state index contributed by atoms with van der Waals surface area (Å²) < 4.78 is 1.98. The number of rotatable bonds is 5. The van der Waals surface area contributed by atoms with Gasteiger partial charge in [0.05, 0.1) is 29.7 Å². The third-order valence-electron chi connectivity index (χ3n) is 5.27. The van der Waals surface area contributed by atoms with Crippen molar-refractivity contribution in [3.63, 3.8) is 0 Å². The molecule has 0 bridgehead atoms. The molecule has 2 heterocycles. The minimum absolute atomic E-state index is 0.174. The lowest BCUT2D eigenvalue weighted by Crippen LogP contribution is -2.28. The number of nitrogens with zero attached hydrogens (tertiary/aromatic N) is 3. The van der Waals surface area contributed by atoms with Gasteiger partial charge in [-0.2, -0.15) is 5.10 Å². The van der Waals surface area contributed by atoms with Crippen LogP contribution in [0.15, 0.2) is 55.0 Å². The van der Waals surface area contributed by atoms with Gasteiger partial charge in [-0.25, -0.2) is 9.48 Å². The first-order valence-corrected chi connectivity index (χ1v) is 9.46. The minimum Gasteiger partial charge on any atom is -0.478 e. The quantitative estimate of drug-likeness (QED) is 0.624. The maximum atomic E-state index is 11.6. The van der Waals surface area contributed by atoms with Gasteiger partial charge in [-0.05, 0) is 37.3 Å². The van der Waals surface area contributed by atoms with E-state index in [1.165, 1.54) is 18.5 Å². The highest BCUT2D eigenvalue weighted by Gasteiger charge is 2.25. The third kappa shape index (κ3) is 3.61. The first-order valence-electron chi connectivity index (χ1n) is 9.46. The normalized spacial score (nSPS) is 19.3. The Bertz CT molecular complexity index is 962. The lowest BCUT2D eigenvalue weighted by Gasteiger charge is -2.28. The molecule has 7 heteroatoms. The number of aromatic nitrogens is 3. The molecule has 144 valence electrons. The molecule has 1 fully saturated rings. The number of pyridine rings is 1. The van der Waals surface area contributed by atoms with Crippen molar-refractivity contribution in [2.75, 3.05) is 5.32 Å². The molecule has 0 radical (unpaired) electrons. The standard InChI is InChI=1S/C21H23N5O2/c22-15-6-8-16(9-7-15)26-20(18(12-24-26)14-4-2-1-3-5-14)25-19-13-23-11-10-17(19)21(27)28/h1-5,10-13,15-16,25H,6-9,22H2,(H,27,28). The SMILES string of the molecule is NC1CCC(n2ncc(-c3ccccc3)c2Nc2cnccc2C(=O)O)CC1. The van der Waals surface area contributed by atoms with E-state index in [9.17, 15) is 9.90 Å². The average Bonchev–Trinajstić information content (AvgIpc) is 3.13. The fourth-order valence-corrected chi connectivity index (χ4v) is 3.75. The van der Waals surface area contributed by atoms with E-state index >= 15 is 0 Å². The number of carboxylic acids is 1. The summed E-state index contributed by atoms with van der Waals surface area (Å²) in [7, 11) is 0. The molecule has 28 heavy (non-hydrogen) atoms. The molecule has 4 N–H and O–H groups in total. The molecule has 2 aromatic heterocycles. The van der Waals surface area contributed by atoms with Gasteiger partial charge in [-0.3, -0.25) is 4.98 Å². The Kier molecular flexibility index (Phi) is 5.08. The van der Waals surface area contributed by atoms with Crippen molar-refractivity contribution >= 4 is 17.5 Å². The molecule has 3 aromatic rings. The summed E-state index contributed by atoms with van der Waals surface area (Å²) in [6, 6.07) is 11.9. The van der Waals surface area contributed by atoms with E-state index in [2.05, 4.69) is 15.4 Å². The van der Waals surface area contributed by atoms with Gasteiger partial charge in [0, 0.05) is 17.8 Å². The fraction of sp³-hybridized carbons (Fsp3) is 0.286. The zero-order chi connectivity index (χ0) is 19.5. The molecule has 0 aliphatic heterocycles. The zero-order valence-electron chi connectivity index (χ0n) is 15.5. The van der Waals surface area contributed by atoms with Crippen molar-refractivity contribution in [1.29, 1.82) is 0 Å². The van der Waals surface area contributed by atoms with E-state index in [1.807, 2.05) is 41.2 Å². The van der Waals surface area contributed by atoms with Crippen LogP contribution in [0.5, 0.6) is 0 Å². The lowest BCUT2D eigenvalue weighted by molar-refractivity contribution is 0.0698. The zero-order valence-corrected chi connectivity index (χ0v) is 15.5. The van der Waals surface area contributed by atoms with Crippen molar-refractivity contribution in [2.24, 2.45) is 5.73 Å². The monoisotopic (exact) mass is 377 g/mol. The van der Waals surface area contributed by atoms with E-state index in [0.717, 1.165) is 42.6 Å². The van der Waals surface area contributed by atoms with Crippen LogP contribution in [0.1, 0.15) is 42.1 Å². The van der Waals surface area contributed by atoms with Crippen molar-refractivity contribution in [1.82, 2.24) is 14.8 Å². The van der Waals surface area contributed by atoms with Crippen molar-refractivity contribution in [3.05, 3.63) is 60.6 Å². The number of carboxylic acid groups (broad SMARTS) is 1. The summed E-state index contributed by atoms with van der Waals surface area (Å²) in [5.74, 6) is -0.219. The van der Waals surface area contributed by atoms with Crippen molar-refractivity contribution < 1.29 is 9.90 Å². The van der Waals surface area contributed by atoms with Crippen LogP contribution >= 0.6 is 0 Å². The van der Waals surface area contributed by atoms with E-state index in [-0.39, 0.29) is 17.6 Å². The first-order chi connectivity index (χ1) is 13.6. The molecule has 0 spiro atoms. The topological polar surface area (TPSA) is 106 Å². The second-order valence-electron chi connectivity index (χ2n) is 7.14. The number of anilines is 2. The molecule has 0 atom stereocenters. The fourth-order valence-electron chi connectivity index (χ4n) is 3.75. The summed E-state index contributed by atoms with van der Waals surface area (Å²) in [6.45, 7) is 0. The lowest BCUT2D eigenvalue weighted by atomic mass is 9.92. The number of benzene rings is 1. The summed E-state index contributed by atoms with van der Waals surface area (Å²) in [6.07, 6.45) is 8.66. The molecular formula is C21H23N5O2. The summed E-state index contributed by atoms with van der Waals surface area (Å²) in [4.78, 5) is 15.7. The molecular weight excluding hydrogens is 354 g/mol. The van der Waals surface area contributed by atoms with E-state index in [0.29, 0.717) is 5.69 Å². The predicted molar refractivity (Wildman–Crippen MR) is 108 cm³/mol. The molecule has 1 aliphatic carbocycles. The van der Waals surface area contributed by atoms with E-state index < -0.39 is 5.97 Å². The van der Waals surface area contributed by atoms with Crippen LogP contribution in [0.3, 0.4) is 0 Å². The number of aromatic carboxylic acids is 1. The van der Waals surface area contributed by atoms with Crippen LogP contribution in [-0.4, -0.2) is 31.9 Å². The van der Waals surface area contributed by atoms with Gasteiger partial charge in [-0.1, -0.05) is 30.3 Å². The molecule has 7 nitrogen and oxygen atoms in total.